The summed E-state index contributed by atoms with van der Waals surface area (Å²) < 4.78 is 5.55. The van der Waals surface area contributed by atoms with Gasteiger partial charge < -0.3 is 14.6 Å². The third kappa shape index (κ3) is 1.78. The van der Waals surface area contributed by atoms with E-state index < -0.39 is 17.1 Å². The number of aliphatic hydroxyl groups is 1. The Labute approximate surface area is 108 Å². The Morgan fingerprint density at radius 3 is 2.67 bits per heavy atom. The molecule has 1 aliphatic heterocycles. The van der Waals surface area contributed by atoms with Crippen LogP contribution in [0.4, 0.5) is 0 Å². The van der Waals surface area contributed by atoms with Crippen LogP contribution in [0.2, 0.25) is 0 Å². The van der Waals surface area contributed by atoms with E-state index in [4.69, 9.17) is 4.74 Å². The van der Waals surface area contributed by atoms with Gasteiger partial charge in [-0.15, -0.1) is 0 Å². The van der Waals surface area contributed by atoms with E-state index in [1.54, 1.807) is 6.92 Å². The van der Waals surface area contributed by atoms with Crippen molar-refractivity contribution in [2.75, 3.05) is 0 Å². The van der Waals surface area contributed by atoms with Crippen LogP contribution in [0.1, 0.15) is 52.9 Å². The minimum absolute atomic E-state index is 0.0840. The van der Waals surface area contributed by atoms with Gasteiger partial charge in [0.15, 0.2) is 0 Å². The molecule has 0 bridgehead atoms. The maximum Gasteiger partial charge on any atom is 0.306 e. The van der Waals surface area contributed by atoms with Crippen LogP contribution in [0.25, 0.3) is 0 Å². The molecule has 1 aliphatic carbocycles. The average Bonchev–Trinajstić information content (AvgIpc) is 2.66. The molecule has 0 radical (unpaired) electrons. The lowest BCUT2D eigenvalue weighted by Gasteiger charge is -2.54. The zero-order chi connectivity index (χ0) is 13.6. The molecule has 4 heteroatoms. The summed E-state index contributed by atoms with van der Waals surface area (Å²) in [6, 6.07) is 0. The van der Waals surface area contributed by atoms with Crippen molar-refractivity contribution in [1.29, 1.82) is 0 Å². The highest BCUT2D eigenvalue weighted by atomic mass is 16.6. The van der Waals surface area contributed by atoms with Crippen LogP contribution in [0.5, 0.6) is 0 Å². The van der Waals surface area contributed by atoms with Crippen molar-refractivity contribution in [1.82, 2.24) is 0 Å². The lowest BCUT2D eigenvalue weighted by Crippen LogP contribution is -2.61. The average molecular weight is 254 g/mol. The fraction of sp³-hybridized carbons (Fsp3) is 0.857. The molecule has 4 unspecified atom stereocenters. The molecule has 1 saturated carbocycles. The third-order valence-corrected chi connectivity index (χ3v) is 5.08. The van der Waals surface area contributed by atoms with Crippen molar-refractivity contribution in [2.45, 2.75) is 64.6 Å². The number of hydrogen-bond donors (Lipinski definition) is 1. The molecule has 18 heavy (non-hydrogen) atoms. The number of Topliss-reactive ketones (excluding diaryl/α,β-unsaturated/α-hetero) is 1. The van der Waals surface area contributed by atoms with Crippen molar-refractivity contribution in [3.63, 3.8) is 0 Å². The molecule has 4 nitrogen and oxygen atoms in total. The van der Waals surface area contributed by atoms with Crippen LogP contribution < -0.4 is 0 Å². The van der Waals surface area contributed by atoms with Gasteiger partial charge in [-0.05, 0) is 25.7 Å². The summed E-state index contributed by atoms with van der Waals surface area (Å²) in [5, 5.41) is 10.4. The molecule has 1 saturated heterocycles. The van der Waals surface area contributed by atoms with Gasteiger partial charge in [-0.2, -0.15) is 0 Å². The largest absolute Gasteiger partial charge is 0.456 e. The van der Waals surface area contributed by atoms with Crippen molar-refractivity contribution < 1.29 is 19.4 Å². The Kier molecular flexibility index (Phi) is 3.26. The van der Waals surface area contributed by atoms with Gasteiger partial charge in [0.25, 0.3) is 0 Å². The van der Waals surface area contributed by atoms with Gasteiger partial charge in [0.1, 0.15) is 11.4 Å². The van der Waals surface area contributed by atoms with E-state index >= 15 is 0 Å². The summed E-state index contributed by atoms with van der Waals surface area (Å²) in [7, 11) is 0. The lowest BCUT2D eigenvalue weighted by molar-refractivity contribution is -0.209. The fourth-order valence-corrected chi connectivity index (χ4v) is 3.83. The van der Waals surface area contributed by atoms with Gasteiger partial charge in [0, 0.05) is 24.7 Å². The predicted molar refractivity (Wildman–Crippen MR) is 65.9 cm³/mol. The summed E-state index contributed by atoms with van der Waals surface area (Å²) in [6.07, 6.45) is 2.09. The number of esters is 1. The molecular weight excluding hydrogens is 232 g/mol. The first kappa shape index (κ1) is 13.5. The Morgan fingerprint density at radius 1 is 1.50 bits per heavy atom. The number of ether oxygens (including phenoxy) is 1. The second-order valence-electron chi connectivity index (χ2n) is 6.15. The molecule has 0 aromatic carbocycles. The normalized spacial score (nSPS) is 44.1. The molecule has 0 amide bonds. The van der Waals surface area contributed by atoms with Crippen LogP contribution in [0.15, 0.2) is 0 Å². The first-order valence-corrected chi connectivity index (χ1v) is 6.71. The molecule has 2 aliphatic rings. The zero-order valence-electron chi connectivity index (χ0n) is 11.4. The van der Waals surface area contributed by atoms with Gasteiger partial charge in [-0.1, -0.05) is 13.8 Å². The van der Waals surface area contributed by atoms with E-state index in [0.29, 0.717) is 25.7 Å². The number of aliphatic hydroxyl groups excluding tert-OH is 1. The van der Waals surface area contributed by atoms with Crippen LogP contribution >= 0.6 is 0 Å². The molecule has 4 atom stereocenters. The van der Waals surface area contributed by atoms with Crippen molar-refractivity contribution in [2.24, 2.45) is 11.3 Å². The predicted octanol–water partition coefficient (Wildman–Crippen LogP) is 1.84. The van der Waals surface area contributed by atoms with Gasteiger partial charge in [0.2, 0.25) is 0 Å². The first-order chi connectivity index (χ1) is 8.32. The minimum atomic E-state index is -0.854. The van der Waals surface area contributed by atoms with E-state index in [1.807, 2.05) is 6.92 Å². The number of hydrogen-bond acceptors (Lipinski definition) is 4. The molecule has 1 spiro atoms. The van der Waals surface area contributed by atoms with Crippen LogP contribution in [0, 0.1) is 11.3 Å². The van der Waals surface area contributed by atoms with Crippen LogP contribution in [-0.2, 0) is 14.3 Å². The quantitative estimate of drug-likeness (QED) is 0.764. The Hall–Kier alpha value is -0.900. The molecule has 2 rings (SSSR count). The van der Waals surface area contributed by atoms with Gasteiger partial charge >= 0.3 is 5.97 Å². The number of ketones is 1. The maximum absolute atomic E-state index is 11.6. The number of carbonyl (C=O) groups is 2. The Bertz CT molecular complexity index is 378. The zero-order valence-corrected chi connectivity index (χ0v) is 11.4. The van der Waals surface area contributed by atoms with Gasteiger partial charge in [-0.25, -0.2) is 0 Å². The van der Waals surface area contributed by atoms with Crippen molar-refractivity contribution >= 4 is 11.8 Å². The highest BCUT2D eigenvalue weighted by Crippen LogP contribution is 2.56. The maximum atomic E-state index is 11.6. The molecule has 102 valence electrons. The Balaban J connectivity index is 2.42. The second-order valence-corrected chi connectivity index (χ2v) is 6.15. The highest BCUT2D eigenvalue weighted by Gasteiger charge is 2.62. The topological polar surface area (TPSA) is 63.6 Å². The fourth-order valence-electron chi connectivity index (χ4n) is 3.83. The summed E-state index contributed by atoms with van der Waals surface area (Å²) in [5.74, 6) is 0.0920. The first-order valence-electron chi connectivity index (χ1n) is 6.71. The van der Waals surface area contributed by atoms with Crippen molar-refractivity contribution in [3.8, 4) is 0 Å². The SMILES string of the molecule is CC(=O)CC1(C)C(C)CCC(O)C12CCC(=O)O2. The lowest BCUT2D eigenvalue weighted by atomic mass is 9.55. The second kappa shape index (κ2) is 4.34. The van der Waals surface area contributed by atoms with Gasteiger partial charge in [0.05, 0.1) is 6.10 Å². The number of carbonyl (C=O) groups excluding carboxylic acids is 2. The van der Waals surface area contributed by atoms with E-state index in [-0.39, 0.29) is 17.7 Å². The standard InChI is InChI=1S/C14H22O4/c1-9-4-5-11(16)14(7-6-12(17)18-14)13(9,3)8-10(2)15/h9,11,16H,4-8H2,1-3H3. The third-order valence-electron chi connectivity index (χ3n) is 5.08. The molecule has 0 aromatic heterocycles. The molecule has 1 N–H and O–H groups in total. The van der Waals surface area contributed by atoms with E-state index in [2.05, 4.69) is 6.92 Å². The summed E-state index contributed by atoms with van der Waals surface area (Å²) in [5.41, 5.74) is -1.31. The summed E-state index contributed by atoms with van der Waals surface area (Å²) in [4.78, 5) is 23.1. The molecule has 1 heterocycles. The van der Waals surface area contributed by atoms with Crippen LogP contribution in [0.3, 0.4) is 0 Å². The molecule has 2 fully saturated rings. The molecule has 0 aromatic rings. The minimum Gasteiger partial charge on any atom is -0.456 e. The van der Waals surface area contributed by atoms with Crippen molar-refractivity contribution in [3.05, 3.63) is 0 Å². The monoisotopic (exact) mass is 254 g/mol. The van der Waals surface area contributed by atoms with Gasteiger partial charge in [-0.3, -0.25) is 4.79 Å². The molecular formula is C14H22O4. The Morgan fingerprint density at radius 2 is 2.17 bits per heavy atom. The summed E-state index contributed by atoms with van der Waals surface area (Å²) >= 11 is 0. The summed E-state index contributed by atoms with van der Waals surface area (Å²) in [6.45, 7) is 5.63. The van der Waals surface area contributed by atoms with E-state index in [1.165, 1.54) is 0 Å². The number of rotatable bonds is 2. The van der Waals surface area contributed by atoms with E-state index in [9.17, 15) is 14.7 Å². The highest BCUT2D eigenvalue weighted by molar-refractivity contribution is 5.77. The smallest absolute Gasteiger partial charge is 0.306 e. The van der Waals surface area contributed by atoms with E-state index in [0.717, 1.165) is 6.42 Å². The van der Waals surface area contributed by atoms with Crippen LogP contribution in [-0.4, -0.2) is 28.6 Å².